The van der Waals surface area contributed by atoms with Gasteiger partial charge in [0, 0.05) is 24.7 Å². The van der Waals surface area contributed by atoms with E-state index in [9.17, 15) is 9.59 Å². The number of carbonyl (C=O) groups is 2. The molecule has 5 nitrogen and oxygen atoms in total. The number of carbonyl (C=O) groups excluding carboxylic acids is 2. The predicted octanol–water partition coefficient (Wildman–Crippen LogP) is 3.46. The molecule has 1 saturated heterocycles. The van der Waals surface area contributed by atoms with Gasteiger partial charge in [-0.2, -0.15) is 0 Å². The van der Waals surface area contributed by atoms with Crippen LogP contribution in [0, 0.1) is 0 Å². The highest BCUT2D eigenvalue weighted by atomic mass is 16.6. The number of ether oxygens (including phenoxy) is 1. The van der Waals surface area contributed by atoms with Crippen LogP contribution >= 0.6 is 0 Å². The Kier molecular flexibility index (Phi) is 5.65. The smallest absolute Gasteiger partial charge is 0.407 e. The minimum Gasteiger partial charge on any atom is -0.444 e. The summed E-state index contributed by atoms with van der Waals surface area (Å²) in [6, 6.07) is 7.33. The average molecular weight is 330 g/mol. The molecule has 1 atom stereocenters. The molecule has 1 aliphatic rings. The zero-order valence-electron chi connectivity index (χ0n) is 14.7. The number of alkyl carbamates (subject to hydrolysis) is 1. The minimum atomic E-state index is -0.531. The maximum atomic E-state index is 12.8. The Morgan fingerprint density at radius 1 is 1.33 bits per heavy atom. The van der Waals surface area contributed by atoms with E-state index in [2.05, 4.69) is 11.9 Å². The van der Waals surface area contributed by atoms with Crippen molar-refractivity contribution in [2.45, 2.75) is 45.3 Å². The molecular weight excluding hydrogens is 304 g/mol. The van der Waals surface area contributed by atoms with Gasteiger partial charge >= 0.3 is 6.09 Å². The highest BCUT2D eigenvalue weighted by Gasteiger charge is 2.27. The number of nitrogens with one attached hydrogen (secondary N) is 1. The number of hydrogen-bond acceptors (Lipinski definition) is 3. The first-order valence-corrected chi connectivity index (χ1v) is 8.30. The normalized spacial score (nSPS) is 18.0. The largest absolute Gasteiger partial charge is 0.444 e. The third-order valence-electron chi connectivity index (χ3n) is 3.84. The summed E-state index contributed by atoms with van der Waals surface area (Å²) in [7, 11) is 0. The quantitative estimate of drug-likeness (QED) is 0.923. The third kappa shape index (κ3) is 4.85. The second kappa shape index (κ2) is 7.51. The zero-order chi connectivity index (χ0) is 17.7. The van der Waals surface area contributed by atoms with Gasteiger partial charge in [0.1, 0.15) is 5.60 Å². The lowest BCUT2D eigenvalue weighted by atomic mass is 10.0. The Balaban J connectivity index is 2.01. The van der Waals surface area contributed by atoms with Crippen LogP contribution in [0.3, 0.4) is 0 Å². The van der Waals surface area contributed by atoms with E-state index >= 15 is 0 Å². The second-order valence-electron chi connectivity index (χ2n) is 7.03. The number of nitrogens with zero attached hydrogens (tertiary/aromatic N) is 1. The summed E-state index contributed by atoms with van der Waals surface area (Å²) >= 11 is 0. The van der Waals surface area contributed by atoms with Crippen LogP contribution in [0.15, 0.2) is 30.8 Å². The lowest BCUT2D eigenvalue weighted by Crippen LogP contribution is -2.50. The van der Waals surface area contributed by atoms with Crippen LogP contribution in [0.25, 0.3) is 6.08 Å². The van der Waals surface area contributed by atoms with Gasteiger partial charge in [0.05, 0.1) is 0 Å². The van der Waals surface area contributed by atoms with Crippen molar-refractivity contribution in [1.82, 2.24) is 10.2 Å². The van der Waals surface area contributed by atoms with E-state index < -0.39 is 11.7 Å². The maximum Gasteiger partial charge on any atom is 0.407 e. The number of rotatable bonds is 3. The van der Waals surface area contributed by atoms with Crippen LogP contribution in [0.2, 0.25) is 0 Å². The monoisotopic (exact) mass is 330 g/mol. The summed E-state index contributed by atoms with van der Waals surface area (Å²) in [4.78, 5) is 26.5. The van der Waals surface area contributed by atoms with Crippen LogP contribution in [0.5, 0.6) is 0 Å². The molecule has 1 N–H and O–H groups in total. The Bertz CT molecular complexity index is 619. The first kappa shape index (κ1) is 18.0. The van der Waals surface area contributed by atoms with Crippen LogP contribution in [-0.2, 0) is 4.74 Å². The summed E-state index contributed by atoms with van der Waals surface area (Å²) < 4.78 is 5.29. The van der Waals surface area contributed by atoms with Crippen LogP contribution < -0.4 is 5.32 Å². The van der Waals surface area contributed by atoms with Crippen molar-refractivity contribution in [3.05, 3.63) is 42.0 Å². The number of benzene rings is 1. The topological polar surface area (TPSA) is 58.6 Å². The molecule has 2 amide bonds. The second-order valence-corrected chi connectivity index (χ2v) is 7.03. The van der Waals surface area contributed by atoms with Crippen LogP contribution in [-0.4, -0.2) is 41.6 Å². The molecule has 2 rings (SSSR count). The van der Waals surface area contributed by atoms with E-state index in [1.165, 1.54) is 0 Å². The summed E-state index contributed by atoms with van der Waals surface area (Å²) in [6.07, 6.45) is 2.94. The van der Waals surface area contributed by atoms with Gasteiger partial charge in [-0.3, -0.25) is 4.79 Å². The molecule has 1 heterocycles. The zero-order valence-corrected chi connectivity index (χ0v) is 14.7. The fourth-order valence-corrected chi connectivity index (χ4v) is 2.79. The molecule has 0 radical (unpaired) electrons. The SMILES string of the molecule is C=Cc1ccccc1C(=O)N1CCC[C@@H](NC(=O)OC(C)(C)C)C1. The molecule has 1 aromatic carbocycles. The summed E-state index contributed by atoms with van der Waals surface area (Å²) in [5.41, 5.74) is 0.937. The maximum absolute atomic E-state index is 12.8. The summed E-state index contributed by atoms with van der Waals surface area (Å²) in [5.74, 6) is -0.0267. The molecule has 24 heavy (non-hydrogen) atoms. The van der Waals surface area contributed by atoms with Gasteiger partial charge in [-0.15, -0.1) is 0 Å². The molecule has 1 aromatic rings. The van der Waals surface area contributed by atoms with Gasteiger partial charge in [0.2, 0.25) is 0 Å². The lowest BCUT2D eigenvalue weighted by Gasteiger charge is -2.34. The molecule has 0 aliphatic carbocycles. The Morgan fingerprint density at radius 3 is 2.71 bits per heavy atom. The van der Waals surface area contributed by atoms with E-state index in [1.54, 1.807) is 11.0 Å². The fourth-order valence-electron chi connectivity index (χ4n) is 2.79. The number of piperidine rings is 1. The highest BCUT2D eigenvalue weighted by Crippen LogP contribution is 2.18. The van der Waals surface area contributed by atoms with E-state index in [1.807, 2.05) is 45.0 Å². The highest BCUT2D eigenvalue weighted by molar-refractivity contribution is 5.97. The van der Waals surface area contributed by atoms with Gasteiger partial charge in [-0.05, 0) is 45.2 Å². The average Bonchev–Trinajstić information content (AvgIpc) is 2.52. The van der Waals surface area contributed by atoms with Gasteiger partial charge in [-0.25, -0.2) is 4.79 Å². The molecule has 0 unspecified atom stereocenters. The van der Waals surface area contributed by atoms with Gasteiger partial charge < -0.3 is 15.0 Å². The Hall–Kier alpha value is -2.30. The Labute approximate surface area is 143 Å². The standard InChI is InChI=1S/C19H26N2O3/c1-5-14-9-6-7-11-16(14)17(22)21-12-8-10-15(13-21)20-18(23)24-19(2,3)4/h5-7,9,11,15H,1,8,10,12-13H2,2-4H3,(H,20,23)/t15-/m1/s1. The van der Waals surface area contributed by atoms with Crippen molar-refractivity contribution >= 4 is 18.1 Å². The summed E-state index contributed by atoms with van der Waals surface area (Å²) in [6.45, 7) is 10.4. The third-order valence-corrected chi connectivity index (χ3v) is 3.84. The van der Waals surface area contributed by atoms with E-state index in [0.717, 1.165) is 18.4 Å². The van der Waals surface area contributed by atoms with Crippen molar-refractivity contribution < 1.29 is 14.3 Å². The van der Waals surface area contributed by atoms with Crippen molar-refractivity contribution in [3.63, 3.8) is 0 Å². The van der Waals surface area contributed by atoms with Crippen molar-refractivity contribution in [2.24, 2.45) is 0 Å². The molecule has 5 heteroatoms. The fraction of sp³-hybridized carbons (Fsp3) is 0.474. The molecule has 0 saturated carbocycles. The molecule has 130 valence electrons. The van der Waals surface area contributed by atoms with Gasteiger partial charge in [-0.1, -0.05) is 30.9 Å². The molecule has 0 bridgehead atoms. The number of hydrogen-bond donors (Lipinski definition) is 1. The minimum absolute atomic E-state index is 0.0267. The van der Waals surface area contributed by atoms with Crippen molar-refractivity contribution in [3.8, 4) is 0 Å². The van der Waals surface area contributed by atoms with Gasteiger partial charge in [0.15, 0.2) is 0 Å². The predicted molar refractivity (Wildman–Crippen MR) is 94.8 cm³/mol. The number of amides is 2. The Morgan fingerprint density at radius 2 is 2.04 bits per heavy atom. The number of likely N-dealkylation sites (tertiary alicyclic amines) is 1. The summed E-state index contributed by atoms with van der Waals surface area (Å²) in [5, 5.41) is 2.87. The van der Waals surface area contributed by atoms with E-state index in [0.29, 0.717) is 18.7 Å². The molecule has 0 spiro atoms. The van der Waals surface area contributed by atoms with Gasteiger partial charge in [0.25, 0.3) is 5.91 Å². The first-order valence-electron chi connectivity index (χ1n) is 8.30. The van der Waals surface area contributed by atoms with Crippen LogP contribution in [0.4, 0.5) is 4.79 Å². The van der Waals surface area contributed by atoms with E-state index in [4.69, 9.17) is 4.74 Å². The molecule has 0 aromatic heterocycles. The molecular formula is C19H26N2O3. The first-order chi connectivity index (χ1) is 11.3. The molecule has 1 aliphatic heterocycles. The van der Waals surface area contributed by atoms with Crippen molar-refractivity contribution in [2.75, 3.05) is 13.1 Å². The lowest BCUT2D eigenvalue weighted by molar-refractivity contribution is 0.0452. The van der Waals surface area contributed by atoms with Crippen molar-refractivity contribution in [1.29, 1.82) is 0 Å². The van der Waals surface area contributed by atoms with Crippen LogP contribution in [0.1, 0.15) is 49.5 Å². The molecule has 1 fully saturated rings. The van der Waals surface area contributed by atoms with E-state index in [-0.39, 0.29) is 11.9 Å².